The Morgan fingerprint density at radius 3 is 2.53 bits per heavy atom. The Kier molecular flexibility index (Phi) is 6.38. The molecule has 1 aliphatic rings. The first-order chi connectivity index (χ1) is 7.38. The van der Waals surface area contributed by atoms with E-state index in [4.69, 9.17) is 10.4 Å². The Hall–Kier alpha value is -0.590. The average molecular weight is 210 g/mol. The molecule has 86 valence electrons. The third kappa shape index (κ3) is 4.63. The summed E-state index contributed by atoms with van der Waals surface area (Å²) in [7, 11) is 0. The Bertz CT molecular complexity index is 194. The number of nitrogens with zero attached hydrogens (tertiary/aromatic N) is 2. The summed E-state index contributed by atoms with van der Waals surface area (Å²) in [6, 6.07) is 2.87. The van der Waals surface area contributed by atoms with E-state index in [0.29, 0.717) is 12.5 Å². The minimum atomic E-state index is 0.259. The molecule has 0 amide bonds. The van der Waals surface area contributed by atoms with E-state index in [0.717, 1.165) is 25.9 Å². The number of aliphatic hydroxyl groups excluding tert-OH is 1. The summed E-state index contributed by atoms with van der Waals surface area (Å²) in [5.74, 6) is 0. The maximum atomic E-state index is 9.01. The van der Waals surface area contributed by atoms with Gasteiger partial charge in [0.05, 0.1) is 12.7 Å². The maximum Gasteiger partial charge on any atom is 0.0621 e. The van der Waals surface area contributed by atoms with Gasteiger partial charge in [-0.15, -0.1) is 0 Å². The first-order valence-corrected chi connectivity index (χ1v) is 6.10. The van der Waals surface area contributed by atoms with E-state index in [1.54, 1.807) is 0 Å². The lowest BCUT2D eigenvalue weighted by atomic mass is 10.1. The first kappa shape index (κ1) is 12.5. The van der Waals surface area contributed by atoms with E-state index in [-0.39, 0.29) is 6.61 Å². The van der Waals surface area contributed by atoms with Crippen molar-refractivity contribution in [1.29, 1.82) is 5.26 Å². The first-order valence-electron chi connectivity index (χ1n) is 6.10. The van der Waals surface area contributed by atoms with Crippen LogP contribution in [-0.2, 0) is 0 Å². The standard InChI is InChI=1S/C12H22N2O/c13-8-4-1-5-9-14(10-11-15)12-6-2-3-7-12/h12,15H,1-7,9-11H2. The van der Waals surface area contributed by atoms with E-state index >= 15 is 0 Å². The van der Waals surface area contributed by atoms with Crippen molar-refractivity contribution in [3.05, 3.63) is 0 Å². The quantitative estimate of drug-likeness (QED) is 0.653. The van der Waals surface area contributed by atoms with Gasteiger partial charge in [0.25, 0.3) is 0 Å². The highest BCUT2D eigenvalue weighted by Crippen LogP contribution is 2.23. The van der Waals surface area contributed by atoms with Gasteiger partial charge in [0, 0.05) is 19.0 Å². The van der Waals surface area contributed by atoms with E-state index in [1.165, 1.54) is 25.7 Å². The van der Waals surface area contributed by atoms with Gasteiger partial charge in [-0.05, 0) is 32.2 Å². The molecule has 0 spiro atoms. The van der Waals surface area contributed by atoms with Crippen LogP contribution in [-0.4, -0.2) is 35.7 Å². The molecule has 0 saturated heterocycles. The number of unbranched alkanes of at least 4 members (excludes halogenated alkanes) is 2. The highest BCUT2D eigenvalue weighted by molar-refractivity contribution is 4.77. The van der Waals surface area contributed by atoms with Gasteiger partial charge in [0.15, 0.2) is 0 Å². The molecule has 1 rings (SSSR count). The molecule has 0 unspecified atom stereocenters. The highest BCUT2D eigenvalue weighted by Gasteiger charge is 2.21. The van der Waals surface area contributed by atoms with Crippen LogP contribution in [0, 0.1) is 11.3 Å². The molecular weight excluding hydrogens is 188 g/mol. The lowest BCUT2D eigenvalue weighted by Gasteiger charge is -2.27. The van der Waals surface area contributed by atoms with Crippen LogP contribution in [0.5, 0.6) is 0 Å². The second-order valence-corrected chi connectivity index (χ2v) is 4.31. The van der Waals surface area contributed by atoms with Gasteiger partial charge in [-0.1, -0.05) is 12.8 Å². The average Bonchev–Trinajstić information content (AvgIpc) is 2.76. The van der Waals surface area contributed by atoms with E-state index < -0.39 is 0 Å². The molecule has 1 N–H and O–H groups in total. The van der Waals surface area contributed by atoms with Gasteiger partial charge in [-0.3, -0.25) is 4.90 Å². The molecule has 3 heteroatoms. The zero-order valence-corrected chi connectivity index (χ0v) is 9.49. The molecule has 0 aromatic rings. The predicted molar refractivity (Wildman–Crippen MR) is 60.4 cm³/mol. The molecular formula is C12H22N2O. The summed E-state index contributed by atoms with van der Waals surface area (Å²) >= 11 is 0. The van der Waals surface area contributed by atoms with Crippen LogP contribution in [0.15, 0.2) is 0 Å². The fraction of sp³-hybridized carbons (Fsp3) is 0.917. The van der Waals surface area contributed by atoms with Crippen molar-refractivity contribution in [3.63, 3.8) is 0 Å². The number of aliphatic hydroxyl groups is 1. The van der Waals surface area contributed by atoms with E-state index in [2.05, 4.69) is 11.0 Å². The largest absolute Gasteiger partial charge is 0.395 e. The Morgan fingerprint density at radius 1 is 1.20 bits per heavy atom. The molecule has 0 aromatic carbocycles. The Labute approximate surface area is 92.7 Å². The maximum absolute atomic E-state index is 9.01. The third-order valence-corrected chi connectivity index (χ3v) is 3.21. The smallest absolute Gasteiger partial charge is 0.0621 e. The van der Waals surface area contributed by atoms with Gasteiger partial charge < -0.3 is 5.11 Å². The van der Waals surface area contributed by atoms with Gasteiger partial charge in [0.2, 0.25) is 0 Å². The van der Waals surface area contributed by atoms with Gasteiger partial charge in [-0.25, -0.2) is 0 Å². The number of rotatable bonds is 7. The Balaban J connectivity index is 2.20. The second-order valence-electron chi connectivity index (χ2n) is 4.31. The SMILES string of the molecule is N#CCCCCN(CCO)C1CCCC1. The molecule has 3 nitrogen and oxygen atoms in total. The van der Waals surface area contributed by atoms with E-state index in [9.17, 15) is 0 Å². The predicted octanol–water partition coefficient (Wildman–Crippen LogP) is 1.92. The summed E-state index contributed by atoms with van der Waals surface area (Å²) < 4.78 is 0. The monoisotopic (exact) mass is 210 g/mol. The lowest BCUT2D eigenvalue weighted by Crippen LogP contribution is -2.36. The minimum Gasteiger partial charge on any atom is -0.395 e. The van der Waals surface area contributed by atoms with Crippen LogP contribution in [0.3, 0.4) is 0 Å². The fourth-order valence-electron chi connectivity index (χ4n) is 2.39. The van der Waals surface area contributed by atoms with Crippen molar-refractivity contribution >= 4 is 0 Å². The van der Waals surface area contributed by atoms with Crippen molar-refractivity contribution in [3.8, 4) is 6.07 Å². The molecule has 15 heavy (non-hydrogen) atoms. The summed E-state index contributed by atoms with van der Waals surface area (Å²) in [5, 5.41) is 17.4. The van der Waals surface area contributed by atoms with Crippen LogP contribution in [0.4, 0.5) is 0 Å². The molecule has 0 heterocycles. The molecule has 0 bridgehead atoms. The van der Waals surface area contributed by atoms with Gasteiger partial charge >= 0.3 is 0 Å². The Morgan fingerprint density at radius 2 is 1.93 bits per heavy atom. The lowest BCUT2D eigenvalue weighted by molar-refractivity contribution is 0.149. The molecule has 1 aliphatic carbocycles. The van der Waals surface area contributed by atoms with Crippen LogP contribution >= 0.6 is 0 Å². The van der Waals surface area contributed by atoms with Gasteiger partial charge in [0.1, 0.15) is 0 Å². The number of hydrogen-bond acceptors (Lipinski definition) is 3. The third-order valence-electron chi connectivity index (χ3n) is 3.21. The van der Waals surface area contributed by atoms with Crippen molar-refractivity contribution < 1.29 is 5.11 Å². The van der Waals surface area contributed by atoms with Gasteiger partial charge in [-0.2, -0.15) is 5.26 Å². The fourth-order valence-corrected chi connectivity index (χ4v) is 2.39. The molecule has 0 radical (unpaired) electrons. The molecule has 1 fully saturated rings. The van der Waals surface area contributed by atoms with Crippen LogP contribution in [0.2, 0.25) is 0 Å². The minimum absolute atomic E-state index is 0.259. The van der Waals surface area contributed by atoms with Crippen LogP contribution in [0.25, 0.3) is 0 Å². The molecule has 0 aromatic heterocycles. The molecule has 1 saturated carbocycles. The zero-order valence-electron chi connectivity index (χ0n) is 9.49. The van der Waals surface area contributed by atoms with E-state index in [1.807, 2.05) is 0 Å². The number of nitriles is 1. The van der Waals surface area contributed by atoms with Crippen LogP contribution in [0.1, 0.15) is 44.9 Å². The summed E-state index contributed by atoms with van der Waals surface area (Å²) in [4.78, 5) is 2.41. The summed E-state index contributed by atoms with van der Waals surface area (Å²) in [6.45, 7) is 2.11. The highest BCUT2D eigenvalue weighted by atomic mass is 16.3. The zero-order chi connectivity index (χ0) is 10.9. The normalized spacial score (nSPS) is 17.1. The second kappa shape index (κ2) is 7.67. The van der Waals surface area contributed by atoms with Crippen molar-refractivity contribution in [2.45, 2.75) is 51.0 Å². The summed E-state index contributed by atoms with van der Waals surface area (Å²) in [5.41, 5.74) is 0. The van der Waals surface area contributed by atoms with Crippen molar-refractivity contribution in [1.82, 2.24) is 4.90 Å². The summed E-state index contributed by atoms with van der Waals surface area (Å²) in [6.07, 6.45) is 8.00. The molecule has 0 atom stereocenters. The molecule has 0 aliphatic heterocycles. The topological polar surface area (TPSA) is 47.3 Å². The van der Waals surface area contributed by atoms with Crippen molar-refractivity contribution in [2.75, 3.05) is 19.7 Å². The van der Waals surface area contributed by atoms with Crippen molar-refractivity contribution in [2.24, 2.45) is 0 Å². The van der Waals surface area contributed by atoms with Crippen LogP contribution < -0.4 is 0 Å². The number of hydrogen-bond donors (Lipinski definition) is 1.